The fourth-order valence-corrected chi connectivity index (χ4v) is 3.29. The molecule has 0 saturated carbocycles. The van der Waals surface area contributed by atoms with Crippen LogP contribution in [0.1, 0.15) is 30.1 Å². The minimum atomic E-state index is 0.00270. The molecule has 1 fully saturated rings. The molecule has 130 valence electrons. The Labute approximate surface area is 152 Å². The Hall–Kier alpha value is -2.33. The second-order valence-electron chi connectivity index (χ2n) is 6.36. The number of amides is 1. The molecule has 0 radical (unpaired) electrons. The first-order chi connectivity index (χ1) is 12.0. The summed E-state index contributed by atoms with van der Waals surface area (Å²) in [4.78, 5) is 26.0. The Morgan fingerprint density at radius 3 is 2.36 bits per heavy atom. The van der Waals surface area contributed by atoms with E-state index in [0.29, 0.717) is 5.56 Å². The average Bonchev–Trinajstić information content (AvgIpc) is 2.62. The van der Waals surface area contributed by atoms with Gasteiger partial charge in [0.25, 0.3) is 0 Å². The molecule has 0 atom stereocenters. The summed E-state index contributed by atoms with van der Waals surface area (Å²) in [6.45, 7) is 3.20. The minimum absolute atomic E-state index is 0.00270. The highest BCUT2D eigenvalue weighted by Gasteiger charge is 2.25. The van der Waals surface area contributed by atoms with Crippen molar-refractivity contribution in [3.63, 3.8) is 0 Å². The lowest BCUT2D eigenvalue weighted by Crippen LogP contribution is -2.38. The summed E-state index contributed by atoms with van der Waals surface area (Å²) < 4.78 is 0. The maximum absolute atomic E-state index is 12.5. The number of ketones is 1. The minimum Gasteiger partial charge on any atom is -0.371 e. The van der Waals surface area contributed by atoms with E-state index >= 15 is 0 Å². The molecule has 1 saturated heterocycles. The smallest absolute Gasteiger partial charge is 0.227 e. The second-order valence-corrected chi connectivity index (χ2v) is 6.80. The molecule has 1 N–H and O–H groups in total. The SMILES string of the molecule is CC(=O)c1ccc(NC(=O)C2CCN(c3cccc(Cl)c3)CC2)cc1. The van der Waals surface area contributed by atoms with Crippen LogP contribution in [-0.4, -0.2) is 24.8 Å². The monoisotopic (exact) mass is 356 g/mol. The van der Waals surface area contributed by atoms with E-state index in [1.807, 2.05) is 24.3 Å². The van der Waals surface area contributed by atoms with Gasteiger partial charge in [0.1, 0.15) is 0 Å². The van der Waals surface area contributed by atoms with Gasteiger partial charge in [-0.25, -0.2) is 0 Å². The number of piperidine rings is 1. The van der Waals surface area contributed by atoms with Crippen molar-refractivity contribution in [2.24, 2.45) is 5.92 Å². The molecule has 4 nitrogen and oxygen atoms in total. The zero-order valence-corrected chi connectivity index (χ0v) is 14.9. The lowest BCUT2D eigenvalue weighted by atomic mass is 9.95. The van der Waals surface area contributed by atoms with Gasteiger partial charge in [-0.05, 0) is 62.2 Å². The van der Waals surface area contributed by atoms with Crippen LogP contribution in [0.15, 0.2) is 48.5 Å². The first-order valence-corrected chi connectivity index (χ1v) is 8.83. The molecule has 1 amide bonds. The van der Waals surface area contributed by atoms with Crippen LogP contribution in [0.2, 0.25) is 5.02 Å². The summed E-state index contributed by atoms with van der Waals surface area (Å²) in [5.74, 6) is 0.0653. The van der Waals surface area contributed by atoms with Crippen molar-refractivity contribution in [1.82, 2.24) is 0 Å². The standard InChI is InChI=1S/C20H21ClN2O2/c1-14(24)15-5-7-18(8-6-15)22-20(25)16-9-11-23(12-10-16)19-4-2-3-17(21)13-19/h2-8,13,16H,9-12H2,1H3,(H,22,25). The van der Waals surface area contributed by atoms with Crippen LogP contribution in [0.5, 0.6) is 0 Å². The van der Waals surface area contributed by atoms with Gasteiger partial charge in [0.15, 0.2) is 5.78 Å². The molecule has 1 aliphatic heterocycles. The molecule has 5 heteroatoms. The van der Waals surface area contributed by atoms with Crippen molar-refractivity contribution >= 4 is 34.7 Å². The number of carbonyl (C=O) groups excluding carboxylic acids is 2. The molecular formula is C20H21ClN2O2. The topological polar surface area (TPSA) is 49.4 Å². The molecule has 2 aromatic rings. The number of benzene rings is 2. The van der Waals surface area contributed by atoms with Crippen LogP contribution in [0.25, 0.3) is 0 Å². The molecule has 0 aromatic heterocycles. The van der Waals surface area contributed by atoms with Gasteiger partial charge < -0.3 is 10.2 Å². The van der Waals surface area contributed by atoms with E-state index < -0.39 is 0 Å². The number of hydrogen-bond acceptors (Lipinski definition) is 3. The van der Waals surface area contributed by atoms with E-state index in [0.717, 1.165) is 42.3 Å². The first kappa shape index (κ1) is 17.5. The largest absolute Gasteiger partial charge is 0.371 e. The van der Waals surface area contributed by atoms with Gasteiger partial charge in [0, 0.05) is 41.0 Å². The molecule has 0 unspecified atom stereocenters. The van der Waals surface area contributed by atoms with Crippen LogP contribution in [0.3, 0.4) is 0 Å². The van der Waals surface area contributed by atoms with Crippen LogP contribution in [0.4, 0.5) is 11.4 Å². The van der Waals surface area contributed by atoms with Gasteiger partial charge in [-0.1, -0.05) is 17.7 Å². The summed E-state index contributed by atoms with van der Waals surface area (Å²) in [7, 11) is 0. The van der Waals surface area contributed by atoms with Crippen molar-refractivity contribution in [1.29, 1.82) is 0 Å². The number of rotatable bonds is 4. The molecule has 25 heavy (non-hydrogen) atoms. The van der Waals surface area contributed by atoms with E-state index in [4.69, 9.17) is 11.6 Å². The predicted molar refractivity (Wildman–Crippen MR) is 101 cm³/mol. The Bertz CT molecular complexity index is 766. The molecule has 1 heterocycles. The van der Waals surface area contributed by atoms with Gasteiger partial charge in [0.2, 0.25) is 5.91 Å². The number of halogens is 1. The lowest BCUT2D eigenvalue weighted by molar-refractivity contribution is -0.120. The molecule has 3 rings (SSSR count). The van der Waals surface area contributed by atoms with Crippen molar-refractivity contribution in [2.75, 3.05) is 23.3 Å². The van der Waals surface area contributed by atoms with Gasteiger partial charge in [-0.3, -0.25) is 9.59 Å². The molecule has 0 bridgehead atoms. The third-order valence-electron chi connectivity index (χ3n) is 4.60. The van der Waals surface area contributed by atoms with Crippen LogP contribution in [-0.2, 0) is 4.79 Å². The number of anilines is 2. The normalized spacial score (nSPS) is 15.0. The number of nitrogens with zero attached hydrogens (tertiary/aromatic N) is 1. The zero-order valence-electron chi connectivity index (χ0n) is 14.2. The average molecular weight is 357 g/mol. The predicted octanol–water partition coefficient (Wildman–Crippen LogP) is 4.40. The number of hydrogen-bond donors (Lipinski definition) is 1. The van der Waals surface area contributed by atoms with E-state index in [9.17, 15) is 9.59 Å². The summed E-state index contributed by atoms with van der Waals surface area (Å²) in [6.07, 6.45) is 1.62. The van der Waals surface area contributed by atoms with Crippen LogP contribution < -0.4 is 10.2 Å². The number of nitrogens with one attached hydrogen (secondary N) is 1. The van der Waals surface area contributed by atoms with Crippen LogP contribution in [0, 0.1) is 5.92 Å². The van der Waals surface area contributed by atoms with Crippen LogP contribution >= 0.6 is 11.6 Å². The first-order valence-electron chi connectivity index (χ1n) is 8.45. The maximum Gasteiger partial charge on any atom is 0.227 e. The second kappa shape index (κ2) is 7.70. The highest BCUT2D eigenvalue weighted by atomic mass is 35.5. The van der Waals surface area contributed by atoms with E-state index in [1.54, 1.807) is 24.3 Å². The van der Waals surface area contributed by atoms with Crippen molar-refractivity contribution in [2.45, 2.75) is 19.8 Å². The fraction of sp³-hybridized carbons (Fsp3) is 0.300. The van der Waals surface area contributed by atoms with Gasteiger partial charge in [-0.2, -0.15) is 0 Å². The Kier molecular flexibility index (Phi) is 5.39. The summed E-state index contributed by atoms with van der Waals surface area (Å²) in [5.41, 5.74) is 2.48. The summed E-state index contributed by atoms with van der Waals surface area (Å²) >= 11 is 6.05. The molecule has 2 aromatic carbocycles. The molecule has 0 spiro atoms. The van der Waals surface area contributed by atoms with Crippen molar-refractivity contribution in [3.05, 3.63) is 59.1 Å². The number of Topliss-reactive ketones (excluding diaryl/α,β-unsaturated/α-hetero) is 1. The third kappa shape index (κ3) is 4.40. The summed E-state index contributed by atoms with van der Waals surface area (Å²) in [6, 6.07) is 14.8. The van der Waals surface area contributed by atoms with Crippen molar-refractivity contribution in [3.8, 4) is 0 Å². The van der Waals surface area contributed by atoms with E-state index in [-0.39, 0.29) is 17.6 Å². The van der Waals surface area contributed by atoms with Crippen molar-refractivity contribution < 1.29 is 9.59 Å². The molecular weight excluding hydrogens is 336 g/mol. The van der Waals surface area contributed by atoms with E-state index in [2.05, 4.69) is 10.2 Å². The van der Waals surface area contributed by atoms with Gasteiger partial charge in [-0.15, -0.1) is 0 Å². The van der Waals surface area contributed by atoms with E-state index in [1.165, 1.54) is 6.92 Å². The zero-order chi connectivity index (χ0) is 17.8. The van der Waals surface area contributed by atoms with Gasteiger partial charge in [0.05, 0.1) is 0 Å². The Balaban J connectivity index is 1.55. The highest BCUT2D eigenvalue weighted by Crippen LogP contribution is 2.26. The maximum atomic E-state index is 12.5. The molecule has 0 aliphatic carbocycles. The fourth-order valence-electron chi connectivity index (χ4n) is 3.11. The summed E-state index contributed by atoms with van der Waals surface area (Å²) in [5, 5.41) is 3.68. The third-order valence-corrected chi connectivity index (χ3v) is 4.83. The quantitative estimate of drug-likeness (QED) is 0.826. The Morgan fingerprint density at radius 1 is 1.08 bits per heavy atom. The Morgan fingerprint density at radius 2 is 1.76 bits per heavy atom. The molecule has 1 aliphatic rings. The highest BCUT2D eigenvalue weighted by molar-refractivity contribution is 6.30. The van der Waals surface area contributed by atoms with Gasteiger partial charge >= 0.3 is 0 Å². The lowest BCUT2D eigenvalue weighted by Gasteiger charge is -2.33. The number of carbonyl (C=O) groups is 2.